The van der Waals surface area contributed by atoms with E-state index in [9.17, 15) is 9.59 Å². The molecule has 0 aromatic heterocycles. The minimum absolute atomic E-state index is 0. The average molecular weight is 648 g/mol. The number of hydrogen-bond donors (Lipinski definition) is 5. The van der Waals surface area contributed by atoms with Crippen molar-refractivity contribution in [2.24, 2.45) is 5.84 Å². The number of aliphatic hydroxyl groups excluding tert-OH is 1. The third kappa shape index (κ3) is 16.8. The highest BCUT2D eigenvalue weighted by Gasteiger charge is 2.14. The molecule has 0 atom stereocenters. The van der Waals surface area contributed by atoms with Crippen LogP contribution >= 0.6 is 28.3 Å². The first-order valence-electron chi connectivity index (χ1n) is 13.3. The molecule has 0 amide bonds. The normalized spacial score (nSPS) is 14.9. The van der Waals surface area contributed by atoms with Crippen molar-refractivity contribution in [1.82, 2.24) is 10.0 Å². The van der Waals surface area contributed by atoms with E-state index < -0.39 is 11.9 Å². The molecule has 226 valence electrons. The summed E-state index contributed by atoms with van der Waals surface area (Å²) in [5.41, 5.74) is 4.48. The zero-order chi connectivity index (χ0) is 28.9. The zero-order valence-corrected chi connectivity index (χ0v) is 25.5. The smallest absolute Gasteiger partial charge is 0.337 e. The molecule has 0 bridgehead atoms. The zero-order valence-electron chi connectivity index (χ0n) is 23.1. The van der Waals surface area contributed by atoms with Gasteiger partial charge in [0.2, 0.25) is 0 Å². The molecule has 40 heavy (non-hydrogen) atoms. The van der Waals surface area contributed by atoms with Crippen LogP contribution < -0.4 is 11.3 Å². The van der Waals surface area contributed by atoms with Gasteiger partial charge in [-0.05, 0) is 72.8 Å². The largest absolute Gasteiger partial charge is 0.478 e. The van der Waals surface area contributed by atoms with E-state index in [-0.39, 0.29) is 19.0 Å². The lowest BCUT2D eigenvalue weighted by Gasteiger charge is -2.28. The lowest BCUT2D eigenvalue weighted by Crippen LogP contribution is -2.35. The number of benzene rings is 2. The number of hydrogen-bond acceptors (Lipinski definition) is 8. The van der Waals surface area contributed by atoms with Crippen molar-refractivity contribution in [2.45, 2.75) is 45.4 Å². The Kier molecular flexibility index (Phi) is 22.1. The summed E-state index contributed by atoms with van der Waals surface area (Å²) in [6.07, 6.45) is 7.55. The summed E-state index contributed by atoms with van der Waals surface area (Å²) in [7, 11) is 0. The van der Waals surface area contributed by atoms with Crippen LogP contribution in [-0.2, 0) is 4.74 Å². The maximum absolute atomic E-state index is 11.0. The first-order chi connectivity index (χ1) is 18.8. The highest BCUT2D eigenvalue weighted by Crippen LogP contribution is 2.18. The van der Waals surface area contributed by atoms with Gasteiger partial charge in [0.15, 0.2) is 0 Å². The van der Waals surface area contributed by atoms with Crippen molar-refractivity contribution in [3.8, 4) is 0 Å². The van der Waals surface area contributed by atoms with Gasteiger partial charge in [0.1, 0.15) is 0 Å². The van der Waals surface area contributed by atoms with Crippen LogP contribution in [0.5, 0.6) is 0 Å². The molecule has 0 unspecified atom stereocenters. The van der Waals surface area contributed by atoms with Gasteiger partial charge in [-0.15, -0.1) is 12.4 Å². The minimum atomic E-state index is -0.910. The van der Waals surface area contributed by atoms with Crippen LogP contribution in [-0.4, -0.2) is 83.3 Å². The second kappa shape index (κ2) is 23.5. The van der Waals surface area contributed by atoms with E-state index in [1.54, 1.807) is 42.5 Å². The van der Waals surface area contributed by atoms with Gasteiger partial charge in [-0.3, -0.25) is 5.84 Å². The van der Waals surface area contributed by atoms with E-state index in [1.165, 1.54) is 38.5 Å². The topological polar surface area (TPSA) is 149 Å². The monoisotopic (exact) mass is 646 g/mol. The van der Waals surface area contributed by atoms with Crippen molar-refractivity contribution in [3.63, 3.8) is 0 Å². The number of nitrogens with two attached hydrogens (primary N) is 1. The standard InChI is InChI=1S/C12H16N2O2.C7H5BrO2.C5H12N2.C4H10O2.ClH/c15-12(16)10-6-2-3-7-11(10)13-14-8-4-1-5-9-14;8-6-4-2-1-3-5(6)7(9)10;6-7-4-2-1-3-5-7;1-2-6-4-3-5;/h2-3,6-7,13H,1,4-5,8-9H2,(H,15,16);1-4H,(H,9,10);1-6H2;5H,2-4H2,1H3;1H. The number of nitrogens with zero attached hydrogens (tertiary/aromatic N) is 2. The van der Waals surface area contributed by atoms with E-state index in [1.807, 2.05) is 18.0 Å². The van der Waals surface area contributed by atoms with Crippen LogP contribution in [0.2, 0.25) is 0 Å². The number of carbonyl (C=O) groups is 2. The second-order valence-electron chi connectivity index (χ2n) is 8.81. The summed E-state index contributed by atoms with van der Waals surface area (Å²) in [6.45, 7) is 7.35. The Morgan fingerprint density at radius 2 is 1.38 bits per heavy atom. The average Bonchev–Trinajstić information content (AvgIpc) is 2.94. The van der Waals surface area contributed by atoms with Crippen molar-refractivity contribution >= 4 is 46.0 Å². The molecular formula is C28H44BrClN4O6. The number of ether oxygens (including phenoxy) is 1. The Hall–Kier alpha value is -2.25. The summed E-state index contributed by atoms with van der Waals surface area (Å²) < 4.78 is 5.35. The summed E-state index contributed by atoms with van der Waals surface area (Å²) in [4.78, 5) is 21.4. The van der Waals surface area contributed by atoms with Crippen molar-refractivity contribution < 1.29 is 29.6 Å². The molecule has 0 spiro atoms. The fourth-order valence-electron chi connectivity index (χ4n) is 3.71. The summed E-state index contributed by atoms with van der Waals surface area (Å²) >= 11 is 3.12. The van der Waals surface area contributed by atoms with Gasteiger partial charge in [0.05, 0.1) is 30.0 Å². The molecule has 10 nitrogen and oxygen atoms in total. The Morgan fingerprint density at radius 1 is 0.875 bits per heavy atom. The molecule has 2 fully saturated rings. The van der Waals surface area contributed by atoms with Gasteiger partial charge in [-0.25, -0.2) is 19.6 Å². The first kappa shape index (κ1) is 37.8. The summed E-state index contributed by atoms with van der Waals surface area (Å²) in [6, 6.07) is 13.7. The van der Waals surface area contributed by atoms with Gasteiger partial charge in [0, 0.05) is 37.3 Å². The van der Waals surface area contributed by atoms with E-state index >= 15 is 0 Å². The van der Waals surface area contributed by atoms with E-state index in [2.05, 4.69) is 26.4 Å². The quantitative estimate of drug-likeness (QED) is 0.202. The van der Waals surface area contributed by atoms with E-state index in [0.717, 1.165) is 26.2 Å². The number of rotatable bonds is 7. The van der Waals surface area contributed by atoms with Gasteiger partial charge < -0.3 is 25.5 Å². The third-order valence-electron chi connectivity index (χ3n) is 5.73. The lowest BCUT2D eigenvalue weighted by molar-refractivity contribution is 0.0685. The molecule has 6 N–H and O–H groups in total. The number of aliphatic hydroxyl groups is 1. The van der Waals surface area contributed by atoms with Gasteiger partial charge >= 0.3 is 11.9 Å². The predicted octanol–water partition coefficient (Wildman–Crippen LogP) is 5.13. The Morgan fingerprint density at radius 3 is 1.77 bits per heavy atom. The summed E-state index contributed by atoms with van der Waals surface area (Å²) in [5.74, 6) is 3.67. The third-order valence-corrected chi connectivity index (χ3v) is 6.42. The van der Waals surface area contributed by atoms with Crippen LogP contribution in [0.4, 0.5) is 5.69 Å². The molecule has 0 aliphatic carbocycles. The molecule has 4 rings (SSSR count). The number of carboxylic acids is 2. The van der Waals surface area contributed by atoms with E-state index in [0.29, 0.717) is 34.5 Å². The first-order valence-corrected chi connectivity index (χ1v) is 14.1. The van der Waals surface area contributed by atoms with Crippen LogP contribution in [0.1, 0.15) is 66.2 Å². The van der Waals surface area contributed by atoms with Crippen molar-refractivity contribution in [3.05, 3.63) is 64.1 Å². The molecule has 0 radical (unpaired) electrons. The van der Waals surface area contributed by atoms with Crippen molar-refractivity contribution in [2.75, 3.05) is 51.4 Å². The molecule has 2 aliphatic rings. The predicted molar refractivity (Wildman–Crippen MR) is 164 cm³/mol. The number of anilines is 1. The highest BCUT2D eigenvalue weighted by atomic mass is 79.9. The SMILES string of the molecule is CCOCCO.Cl.NN1CCCCC1.O=C(O)c1ccccc1Br.O=C(O)c1ccccc1NN1CCCCC1. The molecule has 2 aromatic carbocycles. The number of para-hydroxylation sites is 1. The molecule has 2 aliphatic heterocycles. The molecule has 2 heterocycles. The maximum Gasteiger partial charge on any atom is 0.337 e. The summed E-state index contributed by atoms with van der Waals surface area (Å²) in [5, 5.41) is 29.6. The number of hydrazine groups is 2. The number of piperidine rings is 2. The van der Waals surface area contributed by atoms with Crippen molar-refractivity contribution in [1.29, 1.82) is 0 Å². The van der Waals surface area contributed by atoms with E-state index in [4.69, 9.17) is 25.9 Å². The molecule has 2 aromatic rings. The number of aromatic carboxylic acids is 2. The number of halogens is 2. The fourth-order valence-corrected chi connectivity index (χ4v) is 4.16. The molecular weight excluding hydrogens is 604 g/mol. The molecule has 12 heteroatoms. The Labute approximate surface area is 252 Å². The maximum atomic E-state index is 11.0. The van der Waals surface area contributed by atoms with Gasteiger partial charge in [-0.1, -0.05) is 37.1 Å². The molecule has 2 saturated heterocycles. The number of carboxylic acid groups (broad SMARTS) is 2. The van der Waals surface area contributed by atoms with Crippen LogP contribution in [0, 0.1) is 0 Å². The number of nitrogens with one attached hydrogen (secondary N) is 1. The second-order valence-corrected chi connectivity index (χ2v) is 9.67. The van der Waals surface area contributed by atoms with Crippen LogP contribution in [0.25, 0.3) is 0 Å². The highest BCUT2D eigenvalue weighted by molar-refractivity contribution is 9.10. The molecule has 0 saturated carbocycles. The van der Waals surface area contributed by atoms with Crippen LogP contribution in [0.15, 0.2) is 53.0 Å². The van der Waals surface area contributed by atoms with Crippen LogP contribution in [0.3, 0.4) is 0 Å². The minimum Gasteiger partial charge on any atom is -0.478 e. The van der Waals surface area contributed by atoms with Gasteiger partial charge in [-0.2, -0.15) is 0 Å². The Bertz CT molecular complexity index is 956. The lowest BCUT2D eigenvalue weighted by atomic mass is 10.1. The fraction of sp³-hybridized carbons (Fsp3) is 0.500. The van der Waals surface area contributed by atoms with Gasteiger partial charge in [0.25, 0.3) is 0 Å². The Balaban J connectivity index is 0.000000546.